The summed E-state index contributed by atoms with van der Waals surface area (Å²) in [4.78, 5) is 21.2. The van der Waals surface area contributed by atoms with Crippen molar-refractivity contribution in [2.45, 2.75) is 23.9 Å². The third kappa shape index (κ3) is 4.91. The molecule has 2 N–H and O–H groups in total. The van der Waals surface area contributed by atoms with E-state index in [1.54, 1.807) is 58.3 Å². The van der Waals surface area contributed by atoms with Crippen LogP contribution in [0, 0.1) is 5.82 Å². The number of hydrogen-bond donors (Lipinski definition) is 2. The van der Waals surface area contributed by atoms with Gasteiger partial charge >= 0.3 is 0 Å². The fourth-order valence-corrected chi connectivity index (χ4v) is 6.46. The van der Waals surface area contributed by atoms with Crippen LogP contribution in [0.15, 0.2) is 71.2 Å². The van der Waals surface area contributed by atoms with E-state index < -0.39 is 22.1 Å². The molecule has 9 nitrogen and oxygen atoms in total. The lowest BCUT2D eigenvalue weighted by Crippen LogP contribution is -2.57. The van der Waals surface area contributed by atoms with Crippen molar-refractivity contribution in [2.75, 3.05) is 35.9 Å². The molecule has 4 aromatic rings. The molecule has 202 valence electrons. The normalized spacial score (nSPS) is 17.2. The lowest BCUT2D eigenvalue weighted by Gasteiger charge is -2.42. The number of rotatable bonds is 7. The van der Waals surface area contributed by atoms with Crippen LogP contribution in [0.1, 0.15) is 18.7 Å². The van der Waals surface area contributed by atoms with E-state index in [9.17, 15) is 22.7 Å². The van der Waals surface area contributed by atoms with Crippen molar-refractivity contribution in [3.63, 3.8) is 0 Å². The average Bonchev–Trinajstić information content (AvgIpc) is 3.58. The number of fused-ring (bicyclic) bond motifs is 1. The number of aromatic nitrogens is 2. The first-order chi connectivity index (χ1) is 17.8. The molecular weight excluding hydrogens is 517 g/mol. The topological polar surface area (TPSA) is 108 Å². The average molecular weight is 552 g/mol. The van der Waals surface area contributed by atoms with Gasteiger partial charge in [0.2, 0.25) is 5.91 Å². The number of sulfonamides is 1. The van der Waals surface area contributed by atoms with Crippen LogP contribution in [0.2, 0.25) is 0 Å². The number of thiazole rings is 1. The molecule has 2 aromatic heterocycles. The fraction of sp³-hybridized carbons (Fsp3) is 0.280. The highest BCUT2D eigenvalue weighted by molar-refractivity contribution is 7.93. The van der Waals surface area contributed by atoms with E-state index in [2.05, 4.69) is 9.71 Å². The summed E-state index contributed by atoms with van der Waals surface area (Å²) < 4.78 is 43.5. The number of nitrogens with one attached hydrogen (secondary N) is 1. The van der Waals surface area contributed by atoms with Gasteiger partial charge in [0.1, 0.15) is 11.9 Å². The van der Waals surface area contributed by atoms with E-state index in [0.717, 1.165) is 5.69 Å². The summed E-state index contributed by atoms with van der Waals surface area (Å²) in [6, 6.07) is 11.9. The minimum Gasteiger partial charge on any atom is -0.394 e. The van der Waals surface area contributed by atoms with Gasteiger partial charge in [-0.2, -0.15) is 0 Å². The molecule has 0 aliphatic carbocycles. The Hall–Kier alpha value is -3.48. The van der Waals surface area contributed by atoms with E-state index in [4.69, 9.17) is 0 Å². The van der Waals surface area contributed by atoms with Crippen molar-refractivity contribution in [3.8, 4) is 0 Å². The Balaban J connectivity index is 0.00000210. The lowest BCUT2D eigenvalue weighted by molar-refractivity contribution is -0.138. The van der Waals surface area contributed by atoms with Gasteiger partial charge in [-0.05, 0) is 49.4 Å². The van der Waals surface area contributed by atoms with Crippen molar-refractivity contribution in [1.82, 2.24) is 14.5 Å². The van der Waals surface area contributed by atoms with Crippen LogP contribution in [-0.4, -0.2) is 66.2 Å². The molecule has 2 aromatic carbocycles. The molecule has 37 heavy (non-hydrogen) atoms. The molecule has 2 atom stereocenters. The second-order valence-electron chi connectivity index (χ2n) is 8.82. The molecule has 0 radical (unpaired) electrons. The van der Waals surface area contributed by atoms with Gasteiger partial charge in [-0.1, -0.05) is 6.07 Å². The van der Waals surface area contributed by atoms with Crippen LogP contribution < -0.4 is 9.62 Å². The van der Waals surface area contributed by atoms with Crippen molar-refractivity contribution in [2.24, 2.45) is 0 Å². The van der Waals surface area contributed by atoms with Crippen LogP contribution >= 0.6 is 11.3 Å². The van der Waals surface area contributed by atoms with Crippen LogP contribution in [0.4, 0.5) is 15.2 Å². The van der Waals surface area contributed by atoms with Gasteiger partial charge in [0.15, 0.2) is 5.13 Å². The maximum atomic E-state index is 14.1. The van der Waals surface area contributed by atoms with Crippen LogP contribution in [0.25, 0.3) is 10.9 Å². The summed E-state index contributed by atoms with van der Waals surface area (Å²) in [5, 5.41) is 12.5. The summed E-state index contributed by atoms with van der Waals surface area (Å²) in [7, 11) is -3.75. The zero-order chi connectivity index (χ0) is 26.2. The van der Waals surface area contributed by atoms with Gasteiger partial charge in [-0.3, -0.25) is 9.52 Å². The third-order valence-corrected chi connectivity index (χ3v) is 8.80. The number of aliphatic hydroxyl groups is 1. The van der Waals surface area contributed by atoms with Gasteiger partial charge in [-0.25, -0.2) is 17.8 Å². The molecule has 3 heterocycles. The van der Waals surface area contributed by atoms with Gasteiger partial charge in [0.05, 0.1) is 23.1 Å². The van der Waals surface area contributed by atoms with E-state index in [1.807, 2.05) is 4.90 Å². The molecule has 0 spiro atoms. The van der Waals surface area contributed by atoms with E-state index in [-0.39, 0.29) is 28.9 Å². The Morgan fingerprint density at radius 3 is 2.73 bits per heavy atom. The molecule has 5 rings (SSSR count). The monoisotopic (exact) mass is 551 g/mol. The van der Waals surface area contributed by atoms with Crippen molar-refractivity contribution < 1.29 is 28.4 Å². The Labute approximate surface area is 223 Å². The smallest absolute Gasteiger partial charge is 0.263 e. The Morgan fingerprint density at radius 2 is 2.03 bits per heavy atom. The molecule has 1 aliphatic heterocycles. The molecule has 0 unspecified atom stereocenters. The summed E-state index contributed by atoms with van der Waals surface area (Å²) in [6.45, 7) is 2.83. The van der Waals surface area contributed by atoms with Crippen molar-refractivity contribution in [3.05, 3.63) is 72.1 Å². The number of hydrogen-bond acceptors (Lipinski definition) is 7. The molecule has 0 bridgehead atoms. The zero-order valence-electron chi connectivity index (χ0n) is 20.0. The van der Waals surface area contributed by atoms with Crippen molar-refractivity contribution in [1.29, 1.82) is 0 Å². The highest BCUT2D eigenvalue weighted by Crippen LogP contribution is 2.27. The van der Waals surface area contributed by atoms with Crippen LogP contribution in [-0.2, 0) is 14.8 Å². The predicted octanol–water partition coefficient (Wildman–Crippen LogP) is 4.29. The van der Waals surface area contributed by atoms with Gasteiger partial charge in [0, 0.05) is 54.2 Å². The largest absolute Gasteiger partial charge is 0.394 e. The quantitative estimate of drug-likeness (QED) is 0.355. The maximum Gasteiger partial charge on any atom is 0.263 e. The SMILES string of the molecule is C[C@@H](C(=O)N1CCN(c2ccc(S(=O)(=O)Nc3nccs3)cc2)C[C@@H]1CO)n1ccc2c(F)cccc21.[HH].[HH].[HH].[HH]. The number of halogens is 1. The van der Waals surface area contributed by atoms with Gasteiger partial charge in [-0.15, -0.1) is 11.3 Å². The van der Waals surface area contributed by atoms with Gasteiger partial charge < -0.3 is 19.5 Å². The molecular formula is C25H34FN5O4S2. The minimum atomic E-state index is -3.75. The molecule has 12 heteroatoms. The molecule has 1 fully saturated rings. The summed E-state index contributed by atoms with van der Waals surface area (Å²) in [5.74, 6) is -0.495. The number of carbonyl (C=O) groups excluding carboxylic acids is 1. The van der Waals surface area contributed by atoms with E-state index >= 15 is 0 Å². The number of benzene rings is 2. The first kappa shape index (κ1) is 25.2. The number of carbonyl (C=O) groups is 1. The molecule has 1 saturated heterocycles. The maximum absolute atomic E-state index is 14.1. The number of nitrogens with zero attached hydrogens (tertiary/aromatic N) is 4. The number of anilines is 2. The summed E-state index contributed by atoms with van der Waals surface area (Å²) in [5.41, 5.74) is 1.43. The Kier molecular flexibility index (Phi) is 6.88. The molecule has 1 amide bonds. The summed E-state index contributed by atoms with van der Waals surface area (Å²) >= 11 is 1.19. The first-order valence-corrected chi connectivity index (χ1v) is 14.1. The van der Waals surface area contributed by atoms with E-state index in [0.29, 0.717) is 35.7 Å². The lowest BCUT2D eigenvalue weighted by atomic mass is 10.1. The summed E-state index contributed by atoms with van der Waals surface area (Å²) in [6.07, 6.45) is 3.23. The first-order valence-electron chi connectivity index (χ1n) is 11.7. The Bertz CT molecular complexity index is 1520. The number of amides is 1. The predicted molar refractivity (Wildman–Crippen MR) is 149 cm³/mol. The molecule has 0 saturated carbocycles. The number of aliphatic hydroxyl groups excluding tert-OH is 1. The molecule has 1 aliphatic rings. The number of piperazine rings is 1. The van der Waals surface area contributed by atoms with Crippen molar-refractivity contribution >= 4 is 49.0 Å². The second kappa shape index (κ2) is 10.1. The third-order valence-electron chi connectivity index (χ3n) is 6.63. The van der Waals surface area contributed by atoms with Crippen LogP contribution in [0.5, 0.6) is 0 Å². The minimum absolute atomic E-state index is 0. The highest BCUT2D eigenvalue weighted by Gasteiger charge is 2.33. The second-order valence-corrected chi connectivity index (χ2v) is 11.4. The fourth-order valence-electron chi connectivity index (χ4n) is 4.67. The highest BCUT2D eigenvalue weighted by atomic mass is 32.2. The van der Waals surface area contributed by atoms with E-state index in [1.165, 1.54) is 35.7 Å². The van der Waals surface area contributed by atoms with Crippen LogP contribution in [0.3, 0.4) is 0 Å². The Morgan fingerprint density at radius 1 is 1.24 bits per heavy atom. The zero-order valence-corrected chi connectivity index (χ0v) is 21.6. The van der Waals surface area contributed by atoms with Gasteiger partial charge in [0.25, 0.3) is 10.0 Å². The standard InChI is InChI=1S/C25H26FN5O4S2.4H2/c1-17(30-11-9-21-22(26)3-2-4-23(21)30)24(33)31-13-12-29(15-19(31)16-32)18-5-7-20(8-6-18)37(34,35)28-25-27-10-14-36-25;;;;/h2-11,14,17,19,32H,12-13,15-16H2,1H3,(H,27,28);4*1H/t17-,19+;;;;/m0..../s1.